The molecule has 0 aliphatic carbocycles. The van der Waals surface area contributed by atoms with Gasteiger partial charge in [-0.15, -0.1) is 11.3 Å². The van der Waals surface area contributed by atoms with Crippen LogP contribution in [0.3, 0.4) is 0 Å². The van der Waals surface area contributed by atoms with Crippen molar-refractivity contribution in [2.75, 3.05) is 0 Å². The van der Waals surface area contributed by atoms with E-state index in [9.17, 15) is 4.79 Å². The Morgan fingerprint density at radius 1 is 1.20 bits per heavy atom. The van der Waals surface area contributed by atoms with Gasteiger partial charge in [0, 0.05) is 16.2 Å². The van der Waals surface area contributed by atoms with Crippen LogP contribution in [0.25, 0.3) is 11.1 Å². The van der Waals surface area contributed by atoms with Gasteiger partial charge in [0.1, 0.15) is 6.54 Å². The minimum atomic E-state index is 0.0644. The minimum absolute atomic E-state index is 0.0644. The summed E-state index contributed by atoms with van der Waals surface area (Å²) in [6, 6.07) is 11.9. The van der Waals surface area contributed by atoms with Crippen molar-refractivity contribution in [1.29, 1.82) is 0 Å². The highest BCUT2D eigenvalue weighted by Gasteiger charge is 2.13. The zero-order chi connectivity index (χ0) is 13.9. The lowest BCUT2D eigenvalue weighted by molar-refractivity contribution is 0.0971. The van der Waals surface area contributed by atoms with E-state index < -0.39 is 0 Å². The Morgan fingerprint density at radius 2 is 2.00 bits per heavy atom. The maximum absolute atomic E-state index is 12.2. The van der Waals surface area contributed by atoms with Gasteiger partial charge in [0.15, 0.2) is 5.78 Å². The lowest BCUT2D eigenvalue weighted by Gasteiger charge is -2.00. The van der Waals surface area contributed by atoms with Crippen molar-refractivity contribution >= 4 is 33.0 Å². The first-order valence-electron chi connectivity index (χ1n) is 6.08. The third-order valence-corrected chi connectivity index (χ3v) is 4.80. The average Bonchev–Trinajstić information content (AvgIpc) is 3.09. The Bertz CT molecular complexity index is 733. The maximum atomic E-state index is 12.2. The minimum Gasteiger partial charge on any atom is -0.291 e. The van der Waals surface area contributed by atoms with E-state index in [1.807, 2.05) is 48.0 Å². The van der Waals surface area contributed by atoms with E-state index in [1.54, 1.807) is 10.9 Å². The lowest BCUT2D eigenvalue weighted by Crippen LogP contribution is -2.09. The predicted molar refractivity (Wildman–Crippen MR) is 84.0 cm³/mol. The van der Waals surface area contributed by atoms with Gasteiger partial charge in [-0.2, -0.15) is 5.10 Å². The van der Waals surface area contributed by atoms with E-state index in [0.29, 0.717) is 0 Å². The van der Waals surface area contributed by atoms with E-state index in [-0.39, 0.29) is 12.3 Å². The monoisotopic (exact) mass is 346 g/mol. The Labute approximate surface area is 129 Å². The highest BCUT2D eigenvalue weighted by molar-refractivity contribution is 9.10. The smallest absolute Gasteiger partial charge is 0.195 e. The number of carbonyl (C=O) groups is 1. The van der Waals surface area contributed by atoms with Gasteiger partial charge >= 0.3 is 0 Å². The normalized spacial score (nSPS) is 10.7. The van der Waals surface area contributed by atoms with Crippen molar-refractivity contribution in [1.82, 2.24) is 9.78 Å². The van der Waals surface area contributed by atoms with Gasteiger partial charge < -0.3 is 0 Å². The number of benzene rings is 1. The molecule has 0 fully saturated rings. The second-order valence-corrected chi connectivity index (χ2v) is 6.08. The molecule has 0 saturated carbocycles. The molecule has 0 aliphatic heterocycles. The molecule has 0 N–H and O–H groups in total. The van der Waals surface area contributed by atoms with Crippen LogP contribution in [0.2, 0.25) is 0 Å². The summed E-state index contributed by atoms with van der Waals surface area (Å²) >= 11 is 4.82. The molecule has 0 unspecified atom stereocenters. The van der Waals surface area contributed by atoms with Crippen molar-refractivity contribution in [2.24, 2.45) is 0 Å². The molecule has 20 heavy (non-hydrogen) atoms. The van der Waals surface area contributed by atoms with Crippen LogP contribution in [-0.2, 0) is 6.54 Å². The van der Waals surface area contributed by atoms with E-state index in [1.165, 1.54) is 11.3 Å². The molecule has 1 aromatic carbocycles. The van der Waals surface area contributed by atoms with E-state index in [4.69, 9.17) is 0 Å². The molecule has 0 saturated heterocycles. The predicted octanol–water partition coefficient (Wildman–Crippen LogP) is 4.26. The summed E-state index contributed by atoms with van der Waals surface area (Å²) in [6.45, 7) is 0.256. The molecule has 3 aromatic rings. The number of ketones is 1. The second-order valence-electron chi connectivity index (χ2n) is 4.31. The third-order valence-electron chi connectivity index (χ3n) is 2.92. The number of halogens is 1. The fourth-order valence-corrected chi connectivity index (χ4v) is 3.47. The highest BCUT2D eigenvalue weighted by Crippen LogP contribution is 2.24. The van der Waals surface area contributed by atoms with E-state index >= 15 is 0 Å². The summed E-state index contributed by atoms with van der Waals surface area (Å²) in [7, 11) is 0. The topological polar surface area (TPSA) is 34.9 Å². The molecule has 2 aromatic heterocycles. The van der Waals surface area contributed by atoms with Gasteiger partial charge in [0.2, 0.25) is 0 Å². The molecule has 5 heteroatoms. The summed E-state index contributed by atoms with van der Waals surface area (Å²) in [4.78, 5) is 12.9. The summed E-state index contributed by atoms with van der Waals surface area (Å²) in [6.07, 6.45) is 3.68. The molecule has 0 spiro atoms. The van der Waals surface area contributed by atoms with Crippen molar-refractivity contribution in [3.05, 3.63) is 63.5 Å². The second kappa shape index (κ2) is 5.73. The third kappa shape index (κ3) is 2.73. The number of carbonyl (C=O) groups excluding carboxylic acids is 1. The van der Waals surface area contributed by atoms with Crippen LogP contribution in [-0.4, -0.2) is 15.6 Å². The first kappa shape index (κ1) is 13.3. The Balaban J connectivity index is 1.78. The fourth-order valence-electron chi connectivity index (χ4n) is 1.94. The highest BCUT2D eigenvalue weighted by atomic mass is 79.9. The van der Waals surface area contributed by atoms with Gasteiger partial charge in [-0.25, -0.2) is 0 Å². The van der Waals surface area contributed by atoms with Crippen molar-refractivity contribution in [2.45, 2.75) is 6.54 Å². The van der Waals surface area contributed by atoms with Gasteiger partial charge in [-0.3, -0.25) is 9.48 Å². The van der Waals surface area contributed by atoms with Crippen molar-refractivity contribution in [3.63, 3.8) is 0 Å². The summed E-state index contributed by atoms with van der Waals surface area (Å²) in [5.74, 6) is 0.0644. The van der Waals surface area contributed by atoms with Crippen LogP contribution in [0, 0.1) is 0 Å². The molecule has 3 rings (SSSR count). The van der Waals surface area contributed by atoms with Crippen LogP contribution in [0.4, 0.5) is 0 Å². The average molecular weight is 347 g/mol. The first-order chi connectivity index (χ1) is 9.74. The summed E-state index contributed by atoms with van der Waals surface area (Å²) < 4.78 is 2.53. The Morgan fingerprint density at radius 3 is 2.70 bits per heavy atom. The number of hydrogen-bond acceptors (Lipinski definition) is 3. The number of aromatic nitrogens is 2. The SMILES string of the molecule is O=C(Cn1cc(-c2ccccc2)cn1)c1sccc1Br. The number of rotatable bonds is 4. The van der Waals surface area contributed by atoms with E-state index in [0.717, 1.165) is 20.5 Å². The largest absolute Gasteiger partial charge is 0.291 e. The van der Waals surface area contributed by atoms with Crippen molar-refractivity contribution in [3.8, 4) is 11.1 Å². The van der Waals surface area contributed by atoms with Crippen LogP contribution < -0.4 is 0 Å². The van der Waals surface area contributed by atoms with Gasteiger partial charge in [0.05, 0.1) is 11.1 Å². The molecule has 0 radical (unpaired) electrons. The standard InChI is InChI=1S/C15H11BrN2OS/c16-13-6-7-20-15(13)14(19)10-18-9-12(8-17-18)11-4-2-1-3-5-11/h1-9H,10H2. The molecular formula is C15H11BrN2OS. The van der Waals surface area contributed by atoms with Crippen molar-refractivity contribution < 1.29 is 4.79 Å². The van der Waals surface area contributed by atoms with Crippen LogP contribution in [0.1, 0.15) is 9.67 Å². The van der Waals surface area contributed by atoms with Gasteiger partial charge in [-0.1, -0.05) is 30.3 Å². The fraction of sp³-hybridized carbons (Fsp3) is 0.0667. The maximum Gasteiger partial charge on any atom is 0.195 e. The van der Waals surface area contributed by atoms with E-state index in [2.05, 4.69) is 21.0 Å². The Hall–Kier alpha value is -1.72. The molecule has 0 aliphatic rings. The molecule has 0 amide bonds. The number of nitrogens with zero attached hydrogens (tertiary/aromatic N) is 2. The molecule has 2 heterocycles. The number of hydrogen-bond donors (Lipinski definition) is 0. The summed E-state index contributed by atoms with van der Waals surface area (Å²) in [5.41, 5.74) is 2.12. The van der Waals surface area contributed by atoms with Gasteiger partial charge in [0.25, 0.3) is 0 Å². The first-order valence-corrected chi connectivity index (χ1v) is 7.75. The molecule has 0 atom stereocenters. The zero-order valence-corrected chi connectivity index (χ0v) is 12.9. The number of thiophene rings is 1. The van der Waals surface area contributed by atoms with Crippen LogP contribution in [0.15, 0.2) is 58.6 Å². The Kier molecular flexibility index (Phi) is 3.80. The zero-order valence-electron chi connectivity index (χ0n) is 10.5. The number of Topliss-reactive ketones (excluding diaryl/α,β-unsaturated/α-hetero) is 1. The van der Waals surface area contributed by atoms with Crippen LogP contribution in [0.5, 0.6) is 0 Å². The lowest BCUT2D eigenvalue weighted by atomic mass is 10.1. The molecule has 100 valence electrons. The molecular weight excluding hydrogens is 336 g/mol. The quantitative estimate of drug-likeness (QED) is 0.661. The molecule has 3 nitrogen and oxygen atoms in total. The summed E-state index contributed by atoms with van der Waals surface area (Å²) in [5, 5.41) is 6.16. The van der Waals surface area contributed by atoms with Gasteiger partial charge in [-0.05, 0) is 32.9 Å². The van der Waals surface area contributed by atoms with Crippen LogP contribution >= 0.6 is 27.3 Å². The molecule has 0 bridgehead atoms.